The van der Waals surface area contributed by atoms with Crippen LogP contribution in [-0.4, -0.2) is 10.9 Å². The van der Waals surface area contributed by atoms with E-state index in [2.05, 4.69) is 10.3 Å². The minimum absolute atomic E-state index is 0.256. The number of amides is 1. The molecule has 0 bridgehead atoms. The SMILES string of the molecule is O=C(Nc1c2sscc-2[nH]c1=O)c1ccccc1. The first-order chi connectivity index (χ1) is 8.75. The lowest BCUT2D eigenvalue weighted by atomic mass is 10.2. The predicted octanol–water partition coefficient (Wildman–Crippen LogP) is 2.86. The van der Waals surface area contributed by atoms with Gasteiger partial charge in [-0.2, -0.15) is 0 Å². The highest BCUT2D eigenvalue weighted by molar-refractivity contribution is 7.70. The average molecular weight is 276 g/mol. The normalized spacial score (nSPS) is 10.7. The van der Waals surface area contributed by atoms with Crippen LogP contribution in [0.4, 0.5) is 5.69 Å². The molecule has 4 nitrogen and oxygen atoms in total. The molecule has 0 spiro atoms. The van der Waals surface area contributed by atoms with Crippen molar-refractivity contribution >= 4 is 32.3 Å². The van der Waals surface area contributed by atoms with Gasteiger partial charge in [-0.1, -0.05) is 38.9 Å². The van der Waals surface area contributed by atoms with Gasteiger partial charge in [0, 0.05) is 10.9 Å². The number of fused-ring (bicyclic) bond motifs is 1. The molecular weight excluding hydrogens is 268 g/mol. The Morgan fingerprint density at radius 3 is 2.78 bits per heavy atom. The third-order valence-electron chi connectivity index (χ3n) is 2.52. The molecule has 1 aromatic rings. The fraction of sp³-hybridized carbons (Fsp3) is 0. The Balaban J connectivity index is 1.94. The molecule has 0 saturated carbocycles. The number of nitrogens with one attached hydrogen (secondary N) is 2. The Bertz CT molecular complexity index is 711. The molecule has 2 aliphatic heterocycles. The maximum absolute atomic E-state index is 12.0. The second-order valence-corrected chi connectivity index (χ2v) is 5.77. The molecule has 3 rings (SSSR count). The van der Waals surface area contributed by atoms with E-state index >= 15 is 0 Å². The van der Waals surface area contributed by atoms with Crippen LogP contribution in [0.25, 0.3) is 10.6 Å². The van der Waals surface area contributed by atoms with E-state index in [9.17, 15) is 9.59 Å². The Kier molecular flexibility index (Phi) is 2.73. The quantitative estimate of drug-likeness (QED) is 0.707. The third-order valence-corrected chi connectivity index (χ3v) is 4.62. The van der Waals surface area contributed by atoms with E-state index in [4.69, 9.17) is 0 Å². The van der Waals surface area contributed by atoms with Gasteiger partial charge in [0.2, 0.25) is 0 Å². The molecule has 2 N–H and O–H groups in total. The number of aromatic amines is 1. The zero-order valence-corrected chi connectivity index (χ0v) is 10.7. The minimum atomic E-state index is -0.271. The average Bonchev–Trinajstić information content (AvgIpc) is 2.94. The van der Waals surface area contributed by atoms with E-state index in [0.29, 0.717) is 11.3 Å². The standard InChI is InChI=1S/C12H8N2O2S2/c15-11(7-4-2-1-3-5-7)14-9-10-8(6-17-18-10)13-12(9)16/h1-6H,(H,13,16)(H,14,15). The van der Waals surface area contributed by atoms with Crippen molar-refractivity contribution in [2.45, 2.75) is 0 Å². The van der Waals surface area contributed by atoms with E-state index in [1.807, 2.05) is 11.4 Å². The smallest absolute Gasteiger partial charge is 0.273 e. The number of hydrogen-bond donors (Lipinski definition) is 2. The number of anilines is 1. The summed E-state index contributed by atoms with van der Waals surface area (Å²) in [5.74, 6) is -0.271. The largest absolute Gasteiger partial charge is 0.319 e. The summed E-state index contributed by atoms with van der Waals surface area (Å²) in [6.45, 7) is 0. The van der Waals surface area contributed by atoms with E-state index < -0.39 is 0 Å². The fourth-order valence-corrected chi connectivity index (χ4v) is 3.82. The van der Waals surface area contributed by atoms with E-state index in [1.54, 1.807) is 24.3 Å². The van der Waals surface area contributed by atoms with Crippen LogP contribution in [0, 0.1) is 0 Å². The van der Waals surface area contributed by atoms with Crippen molar-refractivity contribution in [3.05, 3.63) is 51.6 Å². The second-order valence-electron chi connectivity index (χ2n) is 3.69. The maximum Gasteiger partial charge on any atom is 0.273 e. The third kappa shape index (κ3) is 1.85. The first-order valence-electron chi connectivity index (χ1n) is 5.21. The number of carbonyl (C=O) groups is 1. The van der Waals surface area contributed by atoms with Crippen LogP contribution < -0.4 is 10.9 Å². The minimum Gasteiger partial charge on any atom is -0.319 e. The van der Waals surface area contributed by atoms with Crippen molar-refractivity contribution in [1.82, 2.24) is 4.98 Å². The van der Waals surface area contributed by atoms with E-state index in [1.165, 1.54) is 20.7 Å². The first kappa shape index (κ1) is 11.2. The molecule has 0 radical (unpaired) electrons. The molecule has 90 valence electrons. The number of H-pyrrole nitrogens is 1. The van der Waals surface area contributed by atoms with Crippen LogP contribution in [0.2, 0.25) is 0 Å². The van der Waals surface area contributed by atoms with Crippen molar-refractivity contribution in [2.24, 2.45) is 0 Å². The Morgan fingerprint density at radius 1 is 1.22 bits per heavy atom. The van der Waals surface area contributed by atoms with Gasteiger partial charge < -0.3 is 10.3 Å². The molecule has 18 heavy (non-hydrogen) atoms. The molecule has 0 aliphatic carbocycles. The lowest BCUT2D eigenvalue weighted by Gasteiger charge is -2.02. The van der Waals surface area contributed by atoms with Crippen LogP contribution in [-0.2, 0) is 0 Å². The van der Waals surface area contributed by atoms with Crippen molar-refractivity contribution in [3.63, 3.8) is 0 Å². The van der Waals surface area contributed by atoms with Gasteiger partial charge in [0.05, 0.1) is 10.6 Å². The summed E-state index contributed by atoms with van der Waals surface area (Å²) in [4.78, 5) is 27.2. The fourth-order valence-electron chi connectivity index (χ4n) is 1.66. The van der Waals surface area contributed by atoms with Gasteiger partial charge in [-0.25, -0.2) is 0 Å². The van der Waals surface area contributed by atoms with Gasteiger partial charge in [-0.05, 0) is 12.1 Å². The molecule has 0 unspecified atom stereocenters. The molecule has 6 heteroatoms. The summed E-state index contributed by atoms with van der Waals surface area (Å²) < 4.78 is 0. The van der Waals surface area contributed by atoms with E-state index in [0.717, 1.165) is 10.6 Å². The summed E-state index contributed by atoms with van der Waals surface area (Å²) >= 11 is 0. The van der Waals surface area contributed by atoms with Gasteiger partial charge in [0.25, 0.3) is 11.5 Å². The molecule has 1 aromatic carbocycles. The zero-order chi connectivity index (χ0) is 12.5. The molecule has 2 aliphatic rings. The van der Waals surface area contributed by atoms with Crippen LogP contribution >= 0.6 is 20.7 Å². The number of aromatic nitrogens is 1. The molecule has 0 aromatic heterocycles. The number of rotatable bonds is 2. The summed E-state index contributed by atoms with van der Waals surface area (Å²) in [6, 6.07) is 8.83. The Hall–Kier alpha value is -1.92. The van der Waals surface area contributed by atoms with Crippen molar-refractivity contribution in [1.29, 1.82) is 0 Å². The molecular formula is C12H8N2O2S2. The van der Waals surface area contributed by atoms with Gasteiger partial charge in [-0.3, -0.25) is 9.59 Å². The molecule has 0 fully saturated rings. The first-order valence-corrected chi connectivity index (χ1v) is 7.43. The number of benzene rings is 1. The summed E-state index contributed by atoms with van der Waals surface area (Å²) in [7, 11) is 2.99. The van der Waals surface area contributed by atoms with Crippen molar-refractivity contribution in [2.75, 3.05) is 5.32 Å². The molecule has 2 heterocycles. The molecule has 0 atom stereocenters. The Labute approximate surface area is 110 Å². The van der Waals surface area contributed by atoms with Crippen LogP contribution in [0.15, 0.2) is 40.5 Å². The summed E-state index contributed by atoms with van der Waals surface area (Å²) in [5, 5.41) is 4.53. The van der Waals surface area contributed by atoms with Gasteiger partial charge in [-0.15, -0.1) is 0 Å². The second kappa shape index (κ2) is 4.40. The summed E-state index contributed by atoms with van der Waals surface area (Å²) in [5.41, 5.74) is 1.39. The van der Waals surface area contributed by atoms with Crippen LogP contribution in [0.5, 0.6) is 0 Å². The highest BCUT2D eigenvalue weighted by Gasteiger charge is 2.19. The Morgan fingerprint density at radius 2 is 2.00 bits per heavy atom. The highest BCUT2D eigenvalue weighted by Crippen LogP contribution is 2.35. The van der Waals surface area contributed by atoms with Gasteiger partial charge in [0.1, 0.15) is 5.69 Å². The van der Waals surface area contributed by atoms with E-state index in [-0.39, 0.29) is 11.5 Å². The lowest BCUT2D eigenvalue weighted by Crippen LogP contribution is -2.16. The van der Waals surface area contributed by atoms with Crippen molar-refractivity contribution in [3.8, 4) is 10.6 Å². The number of hydrogen-bond acceptors (Lipinski definition) is 4. The van der Waals surface area contributed by atoms with Gasteiger partial charge in [0.15, 0.2) is 0 Å². The molecule has 1 amide bonds. The van der Waals surface area contributed by atoms with Gasteiger partial charge >= 0.3 is 0 Å². The van der Waals surface area contributed by atoms with Crippen LogP contribution in [0.1, 0.15) is 10.4 Å². The topological polar surface area (TPSA) is 62.0 Å². The maximum atomic E-state index is 12.0. The van der Waals surface area contributed by atoms with Crippen molar-refractivity contribution < 1.29 is 4.79 Å². The summed E-state index contributed by atoms with van der Waals surface area (Å²) in [6.07, 6.45) is 0. The zero-order valence-electron chi connectivity index (χ0n) is 9.10. The monoisotopic (exact) mass is 276 g/mol. The highest BCUT2D eigenvalue weighted by atomic mass is 32.9. The lowest BCUT2D eigenvalue weighted by molar-refractivity contribution is 0.102. The van der Waals surface area contributed by atoms with Crippen LogP contribution in [0.3, 0.4) is 0 Å². The number of carbonyl (C=O) groups excluding carboxylic acids is 1. The molecule has 0 saturated heterocycles. The predicted molar refractivity (Wildman–Crippen MR) is 73.8 cm³/mol.